The van der Waals surface area contributed by atoms with Crippen LogP contribution in [-0.4, -0.2) is 11.4 Å². The minimum Gasteiger partial charge on any atom is -0.813 e. The fraction of sp³-hybridized carbons (Fsp3) is 0. The second kappa shape index (κ2) is 5.75. The van der Waals surface area contributed by atoms with Crippen molar-refractivity contribution in [2.45, 2.75) is 0 Å². The Morgan fingerprint density at radius 3 is 1.00 bits per heavy atom. The largest absolute Gasteiger partial charge is 0.813 e. The standard InChI is InChI=1S/Al.3ClH.H2S/h;3*1H;1H2/q+3;;;;/p-4. The molecule has 0 aliphatic heterocycles. The second-order valence-corrected chi connectivity index (χ2v) is 6.68. The van der Waals surface area contributed by atoms with E-state index in [1.807, 2.05) is 0 Å². The fourth-order valence-corrected chi connectivity index (χ4v) is 0. The number of thiol groups is 1. The Morgan fingerprint density at radius 1 is 1.00 bits per heavy atom. The molecule has 0 spiro atoms. The molecule has 0 aliphatic carbocycles. The van der Waals surface area contributed by atoms with Gasteiger partial charge in [0.1, 0.15) is 0 Å². The summed E-state index contributed by atoms with van der Waals surface area (Å²) in [6, 6.07) is 0. The van der Waals surface area contributed by atoms with E-state index in [1.165, 1.54) is 0 Å². The van der Waals surface area contributed by atoms with Crippen molar-refractivity contribution < 1.29 is 0 Å². The van der Waals surface area contributed by atoms with Crippen LogP contribution in [-0.2, 0) is 13.5 Å². The van der Waals surface area contributed by atoms with E-state index in [0.29, 0.717) is 0 Å². The van der Waals surface area contributed by atoms with Crippen LogP contribution in [0.15, 0.2) is 0 Å². The summed E-state index contributed by atoms with van der Waals surface area (Å²) in [6.45, 7) is 0. The van der Waals surface area contributed by atoms with Crippen LogP contribution in [0.3, 0.4) is 0 Å². The van der Waals surface area contributed by atoms with Crippen molar-refractivity contribution in [2.75, 3.05) is 0 Å². The van der Waals surface area contributed by atoms with Crippen LogP contribution >= 0.6 is 30.1 Å². The molecule has 0 bridgehead atoms. The summed E-state index contributed by atoms with van der Waals surface area (Å²) in [5, 5.41) is 0. The molecule has 0 aliphatic rings. The SMILES string of the molecule is [Cl][Al]([Cl])[Cl].[SH-]. The van der Waals surface area contributed by atoms with Crippen molar-refractivity contribution in [3.8, 4) is 0 Å². The van der Waals surface area contributed by atoms with E-state index in [2.05, 4.69) is 0 Å². The molecule has 0 unspecified atom stereocenters. The van der Waals surface area contributed by atoms with Gasteiger partial charge in [-0.1, -0.05) is 0 Å². The van der Waals surface area contributed by atoms with Crippen molar-refractivity contribution in [1.82, 2.24) is 0 Å². The molecule has 0 rings (SSSR count). The Morgan fingerprint density at radius 2 is 1.00 bits per heavy atom. The third-order valence-corrected chi connectivity index (χ3v) is 0. The van der Waals surface area contributed by atoms with Gasteiger partial charge in [0.25, 0.3) is 0 Å². The first kappa shape index (κ1) is 9.89. The Labute approximate surface area is 54.8 Å². The number of halogens is 3. The van der Waals surface area contributed by atoms with Crippen LogP contribution in [0, 0.1) is 0 Å². The average Bonchev–Trinajstić information content (AvgIpc) is 0.811. The molecule has 0 saturated carbocycles. The van der Waals surface area contributed by atoms with Gasteiger partial charge in [-0.15, -0.1) is 0 Å². The molecule has 0 radical (unpaired) electrons. The molecule has 0 atom stereocenters. The molecule has 5 heteroatoms. The van der Waals surface area contributed by atoms with E-state index in [0.717, 1.165) is 0 Å². The zero-order valence-corrected chi connectivity index (χ0v) is 6.48. The minimum atomic E-state index is -1.72. The van der Waals surface area contributed by atoms with Crippen molar-refractivity contribution in [2.24, 2.45) is 0 Å². The lowest BCUT2D eigenvalue weighted by atomic mass is 26.6. The summed E-state index contributed by atoms with van der Waals surface area (Å²) in [5.74, 6) is 0. The number of rotatable bonds is 0. The second-order valence-electron chi connectivity index (χ2n) is 0.247. The molecule has 0 nitrogen and oxygen atoms in total. The van der Waals surface area contributed by atoms with Crippen molar-refractivity contribution in [3.05, 3.63) is 0 Å². The van der Waals surface area contributed by atoms with Crippen molar-refractivity contribution in [3.63, 3.8) is 0 Å². The highest BCUT2D eigenvalue weighted by Gasteiger charge is 2.00. The molecule has 0 aromatic carbocycles. The molecule has 0 fully saturated rings. The summed E-state index contributed by atoms with van der Waals surface area (Å²) in [5.41, 5.74) is 0. The first-order valence-electron chi connectivity index (χ1n) is 0.655. The van der Waals surface area contributed by atoms with E-state index in [-0.39, 0.29) is 13.5 Å². The first-order chi connectivity index (χ1) is 1.73. The van der Waals surface area contributed by atoms with E-state index >= 15 is 0 Å². The topological polar surface area (TPSA) is 0 Å². The van der Waals surface area contributed by atoms with Gasteiger partial charge in [-0.05, 0) is 0 Å². The molecule has 0 aromatic heterocycles. The van der Waals surface area contributed by atoms with Crippen LogP contribution in [0.4, 0.5) is 0 Å². The zero-order chi connectivity index (χ0) is 3.58. The third kappa shape index (κ3) is 26.4. The van der Waals surface area contributed by atoms with Gasteiger partial charge in [-0.3, -0.25) is 0 Å². The molecular formula is HAlCl3S-. The smallest absolute Gasteiger partial charge is 0.643 e. The van der Waals surface area contributed by atoms with Gasteiger partial charge in [-0.2, -0.15) is 0 Å². The zero-order valence-electron chi connectivity index (χ0n) is 2.16. The van der Waals surface area contributed by atoms with Gasteiger partial charge in [-0.25, -0.2) is 30.1 Å². The Hall–Kier alpha value is 1.75. The molecule has 32 valence electrons. The Bertz CT molecular complexity index is 11.6. The number of hydrogen-bond donors (Lipinski definition) is 0. The van der Waals surface area contributed by atoms with Gasteiger partial charge < -0.3 is 13.5 Å². The maximum absolute atomic E-state index is 4.94. The predicted octanol–water partition coefficient (Wildman–Crippen LogP) is 1.42. The molecule has 5 heavy (non-hydrogen) atoms. The summed E-state index contributed by atoms with van der Waals surface area (Å²) >= 11 is -1.72. The Kier molecular flexibility index (Phi) is 11.4. The van der Waals surface area contributed by atoms with Gasteiger partial charge >= 0.3 is 11.4 Å². The summed E-state index contributed by atoms with van der Waals surface area (Å²) in [4.78, 5) is 0. The quantitative estimate of drug-likeness (QED) is 0.298. The Balaban J connectivity index is 0. The lowest BCUT2D eigenvalue weighted by molar-refractivity contribution is 4.07. The molecule has 0 saturated heterocycles. The van der Waals surface area contributed by atoms with Crippen LogP contribution in [0.25, 0.3) is 0 Å². The highest BCUT2D eigenvalue weighted by atomic mass is 35.8. The molecular weight excluding hydrogens is 165 g/mol. The van der Waals surface area contributed by atoms with Gasteiger partial charge in [0.15, 0.2) is 0 Å². The van der Waals surface area contributed by atoms with Gasteiger partial charge in [0.05, 0.1) is 0 Å². The summed E-state index contributed by atoms with van der Waals surface area (Å²) < 4.78 is 0. The predicted molar refractivity (Wildman–Crippen MR) is 32.1 cm³/mol. The lowest BCUT2D eigenvalue weighted by Gasteiger charge is -1.57. The van der Waals surface area contributed by atoms with Crippen LogP contribution in [0.2, 0.25) is 0 Å². The average molecular weight is 166 g/mol. The van der Waals surface area contributed by atoms with Crippen molar-refractivity contribution >= 4 is 55.0 Å². The monoisotopic (exact) mass is 165 g/mol. The van der Waals surface area contributed by atoms with Crippen LogP contribution < -0.4 is 0 Å². The maximum atomic E-state index is 4.94. The lowest BCUT2D eigenvalue weighted by Crippen LogP contribution is -1.66. The highest BCUT2D eigenvalue weighted by Crippen LogP contribution is 1.97. The normalized spacial score (nSPS) is 5.40. The van der Waals surface area contributed by atoms with Crippen molar-refractivity contribution in [1.29, 1.82) is 0 Å². The van der Waals surface area contributed by atoms with E-state index in [1.54, 1.807) is 0 Å². The molecule has 0 amide bonds. The third-order valence-electron chi connectivity index (χ3n) is 0. The fourth-order valence-electron chi connectivity index (χ4n) is 0. The maximum Gasteiger partial charge on any atom is 0.643 e. The molecule has 0 heterocycles. The molecule has 0 N–H and O–H groups in total. The summed E-state index contributed by atoms with van der Waals surface area (Å²) in [6.07, 6.45) is 0. The van der Waals surface area contributed by atoms with Gasteiger partial charge in [0, 0.05) is 0 Å². The van der Waals surface area contributed by atoms with E-state index in [4.69, 9.17) is 30.1 Å². The summed E-state index contributed by atoms with van der Waals surface area (Å²) in [7, 11) is 14.8. The van der Waals surface area contributed by atoms with Crippen LogP contribution in [0.5, 0.6) is 0 Å². The van der Waals surface area contributed by atoms with E-state index in [9.17, 15) is 0 Å². The molecule has 0 aromatic rings. The van der Waals surface area contributed by atoms with Crippen LogP contribution in [0.1, 0.15) is 0 Å². The highest BCUT2D eigenvalue weighted by molar-refractivity contribution is 7.54. The minimum absolute atomic E-state index is 0. The van der Waals surface area contributed by atoms with Gasteiger partial charge in [0.2, 0.25) is 0 Å². The van der Waals surface area contributed by atoms with E-state index < -0.39 is 11.4 Å². The number of hydrogen-bond acceptors (Lipinski definition) is 1. The first-order valence-corrected chi connectivity index (χ1v) is 5.89.